The number of hydroxylamine groups is 6. The Morgan fingerprint density at radius 3 is 0.932 bits per heavy atom. The van der Waals surface area contributed by atoms with Gasteiger partial charge in [-0.25, -0.2) is 15.2 Å². The zero-order chi connectivity index (χ0) is 54.6. The first-order valence-electron chi connectivity index (χ1n) is 31.0. The summed E-state index contributed by atoms with van der Waals surface area (Å²) < 4.78 is 0. The van der Waals surface area contributed by atoms with E-state index in [0.717, 1.165) is 37.4 Å². The van der Waals surface area contributed by atoms with Gasteiger partial charge < -0.3 is 16.0 Å². The van der Waals surface area contributed by atoms with Gasteiger partial charge in [0.1, 0.15) is 0 Å². The van der Waals surface area contributed by atoms with E-state index >= 15 is 0 Å². The zero-order valence-corrected chi connectivity index (χ0v) is 49.4. The molecule has 6 N–H and O–H groups in total. The molecule has 0 saturated carbocycles. The Hall–Kier alpha value is -2.38. The number of unbranched alkanes of at least 4 members (excludes halogenated alkanes) is 28. The maximum atomic E-state index is 12.4. The third-order valence-electron chi connectivity index (χ3n) is 14.7. The molecule has 0 aliphatic heterocycles. The summed E-state index contributed by atoms with van der Waals surface area (Å²) in [5.41, 5.74) is 0. The molecule has 0 aromatic carbocycles. The molecule has 0 aliphatic carbocycles. The summed E-state index contributed by atoms with van der Waals surface area (Å²) in [5.74, 6) is -1.96. The number of hydrogen-bond donors (Lipinski definition) is 6. The van der Waals surface area contributed by atoms with E-state index in [4.69, 9.17) is 0 Å². The second-order valence-corrected chi connectivity index (χ2v) is 26.1. The van der Waals surface area contributed by atoms with Gasteiger partial charge in [0.15, 0.2) is 0 Å². The Bertz CT molecular complexity index is 1310. The topological polar surface area (TPSA) is 192 Å². The molecule has 74 heavy (non-hydrogen) atoms. The van der Waals surface area contributed by atoms with E-state index in [-0.39, 0.29) is 57.1 Å². The highest BCUT2D eigenvalue weighted by Gasteiger charge is 2.35. The lowest BCUT2D eigenvalue weighted by atomic mass is 10.1. The Morgan fingerprint density at radius 2 is 0.608 bits per heavy atom. The lowest BCUT2D eigenvalue weighted by Gasteiger charge is -2.28. The first-order valence-corrected chi connectivity index (χ1v) is 33.5. The number of hydrogen-bond acceptors (Lipinski definition) is 9. The molecule has 0 spiro atoms. The number of rotatable bonds is 56. The summed E-state index contributed by atoms with van der Waals surface area (Å²) in [6.45, 7) is 11.7. The fraction of sp³-hybridized carbons (Fsp3) is 0.915. The molecule has 0 fully saturated rings. The number of carbonyl (C=O) groups is 5. The van der Waals surface area contributed by atoms with E-state index in [0.29, 0.717) is 61.7 Å². The molecule has 15 heteroatoms. The Labute approximate surface area is 454 Å². The summed E-state index contributed by atoms with van der Waals surface area (Å²) in [6, 6.07) is 0. The van der Waals surface area contributed by atoms with Crippen LogP contribution in [0.15, 0.2) is 0 Å². The van der Waals surface area contributed by atoms with Crippen LogP contribution in [0.5, 0.6) is 0 Å². The van der Waals surface area contributed by atoms with E-state index in [2.05, 4.69) is 36.7 Å². The van der Waals surface area contributed by atoms with Crippen LogP contribution in [0.1, 0.15) is 278 Å². The molecule has 0 aromatic rings. The van der Waals surface area contributed by atoms with Crippen LogP contribution in [0.3, 0.4) is 0 Å². The number of nitrogens with zero attached hydrogens (tertiary/aromatic N) is 3. The Balaban J connectivity index is 4.06. The molecule has 0 atom stereocenters. The van der Waals surface area contributed by atoms with Crippen molar-refractivity contribution in [3.8, 4) is 0 Å². The molecular weight excluding hydrogens is 952 g/mol. The van der Waals surface area contributed by atoms with Crippen LogP contribution in [0.2, 0.25) is 0 Å². The highest BCUT2D eigenvalue weighted by atomic mass is 31.2. The van der Waals surface area contributed by atoms with Crippen LogP contribution in [0.25, 0.3) is 0 Å². The highest BCUT2D eigenvalue weighted by molar-refractivity contribution is 7.75. The van der Waals surface area contributed by atoms with Crippen molar-refractivity contribution >= 4 is 36.8 Å². The van der Waals surface area contributed by atoms with Crippen molar-refractivity contribution in [3.05, 3.63) is 0 Å². The largest absolute Gasteiger partial charge is 0.356 e. The van der Waals surface area contributed by atoms with E-state index < -0.39 is 25.0 Å². The van der Waals surface area contributed by atoms with Crippen LogP contribution in [-0.4, -0.2) is 131 Å². The molecule has 5 amide bonds. The summed E-state index contributed by atoms with van der Waals surface area (Å²) in [6.07, 6.45) is 49.3. The first kappa shape index (κ1) is 71.6. The molecule has 0 aromatic heterocycles. The maximum Gasteiger partial charge on any atom is 0.246 e. The van der Waals surface area contributed by atoms with Crippen molar-refractivity contribution in [2.45, 2.75) is 278 Å². The SMILES string of the molecule is CCCCCCCC[P+](CCCCCCCC)(CCCCCCCC)CCCCCCCCCCNCCCCCN(O)C(=O)CCC(=O)NCCCCCN(O)C(=O)CCC(=O)NCCCCCN(O)C(C)=O. The van der Waals surface area contributed by atoms with Crippen LogP contribution >= 0.6 is 7.26 Å². The van der Waals surface area contributed by atoms with Crippen LogP contribution in [-0.2, 0) is 24.0 Å². The predicted octanol–water partition coefficient (Wildman–Crippen LogP) is 13.8. The highest BCUT2D eigenvalue weighted by Crippen LogP contribution is 2.61. The van der Waals surface area contributed by atoms with Crippen molar-refractivity contribution in [3.63, 3.8) is 0 Å². The van der Waals surface area contributed by atoms with E-state index in [9.17, 15) is 39.6 Å². The molecule has 0 aliphatic rings. The molecule has 436 valence electrons. The normalized spacial score (nSPS) is 11.5. The van der Waals surface area contributed by atoms with Gasteiger partial charge >= 0.3 is 0 Å². The lowest BCUT2D eigenvalue weighted by Crippen LogP contribution is -2.31. The lowest BCUT2D eigenvalue weighted by molar-refractivity contribution is -0.166. The molecule has 0 radical (unpaired) electrons. The van der Waals surface area contributed by atoms with Crippen LogP contribution in [0.4, 0.5) is 0 Å². The molecule has 14 nitrogen and oxygen atoms in total. The smallest absolute Gasteiger partial charge is 0.246 e. The van der Waals surface area contributed by atoms with E-state index in [1.807, 2.05) is 0 Å². The summed E-state index contributed by atoms with van der Waals surface area (Å²) in [7, 11) is -0.848. The fourth-order valence-corrected chi connectivity index (χ4v) is 14.7. The van der Waals surface area contributed by atoms with Crippen molar-refractivity contribution in [2.75, 3.05) is 70.5 Å². The molecule has 0 saturated heterocycles. The predicted molar refractivity (Wildman–Crippen MR) is 309 cm³/mol. The fourth-order valence-electron chi connectivity index (χ4n) is 9.79. The molecular formula is C59H118N6O8P+. The minimum absolute atomic E-state index is 0.00429. The average molecular weight is 1070 g/mol. The van der Waals surface area contributed by atoms with Gasteiger partial charge in [-0.2, -0.15) is 0 Å². The van der Waals surface area contributed by atoms with Gasteiger partial charge in [0, 0.05) is 72.6 Å². The summed E-state index contributed by atoms with van der Waals surface area (Å²) >= 11 is 0. The van der Waals surface area contributed by atoms with Crippen LogP contribution < -0.4 is 16.0 Å². The second kappa shape index (κ2) is 52.7. The second-order valence-electron chi connectivity index (χ2n) is 21.7. The van der Waals surface area contributed by atoms with Gasteiger partial charge in [0.25, 0.3) is 0 Å². The van der Waals surface area contributed by atoms with Gasteiger partial charge in [-0.3, -0.25) is 39.6 Å². The quantitative estimate of drug-likeness (QED) is 0.0149. The van der Waals surface area contributed by atoms with Gasteiger partial charge in [0.05, 0.1) is 24.6 Å². The van der Waals surface area contributed by atoms with Gasteiger partial charge in [0.2, 0.25) is 29.5 Å². The van der Waals surface area contributed by atoms with Crippen molar-refractivity contribution in [2.24, 2.45) is 0 Å². The van der Waals surface area contributed by atoms with Gasteiger partial charge in [-0.1, -0.05) is 136 Å². The molecule has 0 rings (SSSR count). The van der Waals surface area contributed by atoms with Crippen LogP contribution in [0, 0.1) is 0 Å². The third kappa shape index (κ3) is 45.8. The number of amides is 5. The molecule has 0 unspecified atom stereocenters. The van der Waals surface area contributed by atoms with Crippen molar-refractivity contribution < 1.29 is 39.6 Å². The van der Waals surface area contributed by atoms with Gasteiger partial charge in [-0.05, 0) is 122 Å². The standard InChI is InChI=1S/C59H117N6O8P/c1-5-8-11-14-22-36-51-74(52-37-23-15-12-9-6-2,53-38-24-16-13-10-7-3)54-39-25-20-18-17-19-21-29-44-60-45-30-26-34-49-64(72)58(69)42-40-57(68)62-47-32-28-35-50-65(73)59(70)43-41-56(67)61-46-31-27-33-48-63(71)55(4)66/h60,71-73H,5-54H2,1-4H3,(H-,61,62,67,68)/p+1. The third-order valence-corrected chi connectivity index (χ3v) is 19.8. The minimum atomic E-state index is -0.848. The average Bonchev–Trinajstić information content (AvgIpc) is 3.39. The monoisotopic (exact) mass is 1070 g/mol. The Kier molecular flexibility index (Phi) is 51.0. The summed E-state index contributed by atoms with van der Waals surface area (Å²) in [5, 5.41) is 40.7. The molecule has 0 bridgehead atoms. The molecule has 0 heterocycles. The van der Waals surface area contributed by atoms with Gasteiger partial charge in [-0.15, -0.1) is 0 Å². The number of carbonyl (C=O) groups excluding carboxylic acids is 5. The minimum Gasteiger partial charge on any atom is -0.356 e. The first-order chi connectivity index (χ1) is 35.9. The van der Waals surface area contributed by atoms with E-state index in [1.54, 1.807) is 24.6 Å². The Morgan fingerprint density at radius 1 is 0.338 bits per heavy atom. The van der Waals surface area contributed by atoms with Crippen molar-refractivity contribution in [1.82, 2.24) is 31.1 Å². The zero-order valence-electron chi connectivity index (χ0n) is 48.5. The van der Waals surface area contributed by atoms with E-state index in [1.165, 1.54) is 174 Å². The maximum absolute atomic E-state index is 12.4. The summed E-state index contributed by atoms with van der Waals surface area (Å²) in [4.78, 5) is 59.8. The van der Waals surface area contributed by atoms with Crippen molar-refractivity contribution in [1.29, 1.82) is 0 Å². The number of nitrogens with one attached hydrogen (secondary N) is 3.